The quantitative estimate of drug-likeness (QED) is 0.166. The van der Waals surface area contributed by atoms with Crippen LogP contribution in [0.3, 0.4) is 0 Å². The van der Waals surface area contributed by atoms with Crippen molar-refractivity contribution in [3.05, 3.63) is 94.5 Å². The topological polar surface area (TPSA) is 114 Å². The zero-order valence-electron chi connectivity index (χ0n) is 30.1. The molecule has 10 nitrogen and oxygen atoms in total. The van der Waals surface area contributed by atoms with E-state index in [9.17, 15) is 19.2 Å². The molecule has 0 spiro atoms. The van der Waals surface area contributed by atoms with E-state index >= 15 is 0 Å². The van der Waals surface area contributed by atoms with Crippen molar-refractivity contribution >= 4 is 35.7 Å². The van der Waals surface area contributed by atoms with E-state index < -0.39 is 53.8 Å². The van der Waals surface area contributed by atoms with Gasteiger partial charge < -0.3 is 29.3 Å². The van der Waals surface area contributed by atoms with Crippen LogP contribution in [0, 0.1) is 0 Å². The number of nitrogens with zero attached hydrogens (tertiary/aromatic N) is 2. The number of fused-ring (bicyclic) bond motifs is 3. The molecule has 268 valence electrons. The summed E-state index contributed by atoms with van der Waals surface area (Å²) in [5.41, 5.74) is 3.61. The van der Waals surface area contributed by atoms with E-state index in [1.54, 1.807) is 67.8 Å². The number of rotatable bonds is 11. The standard InChI is InChI=1S/C39H48ClN3O7/c1-38(2,3)49-34(44)22-33(41-36(46)48-24-32-30-15-11-9-13-28(30)29-14-10-12-16-31(29)32)35(45)42(7)23-27(21-25-17-19-26(40)20-18-25)43(8)37(47)50-39(4,5)6/h9-20,27,32-33H,21-24H2,1-8H3,(H,41,46)/t27-,33-/m1/s1. The lowest BCUT2D eigenvalue weighted by Crippen LogP contribution is -2.53. The first-order valence-electron chi connectivity index (χ1n) is 16.7. The molecule has 3 amide bonds. The molecule has 0 radical (unpaired) electrons. The van der Waals surface area contributed by atoms with E-state index in [2.05, 4.69) is 5.32 Å². The number of carbonyl (C=O) groups is 4. The summed E-state index contributed by atoms with van der Waals surface area (Å²) in [5.74, 6) is -1.40. The van der Waals surface area contributed by atoms with Gasteiger partial charge in [-0.05, 0) is 87.9 Å². The summed E-state index contributed by atoms with van der Waals surface area (Å²) >= 11 is 6.10. The Morgan fingerprint density at radius 1 is 0.800 bits per heavy atom. The second-order valence-corrected chi connectivity index (χ2v) is 15.0. The van der Waals surface area contributed by atoms with Gasteiger partial charge in [0.05, 0.1) is 12.5 Å². The zero-order valence-corrected chi connectivity index (χ0v) is 30.9. The maximum atomic E-state index is 14.0. The Bertz CT molecular complexity index is 1630. The van der Waals surface area contributed by atoms with Gasteiger partial charge in [0.2, 0.25) is 5.91 Å². The predicted molar refractivity (Wildman–Crippen MR) is 193 cm³/mol. The Morgan fingerprint density at radius 3 is 1.88 bits per heavy atom. The van der Waals surface area contributed by atoms with E-state index in [4.69, 9.17) is 25.8 Å². The fraction of sp³-hybridized carbons (Fsp3) is 0.436. The Morgan fingerprint density at radius 2 is 1.34 bits per heavy atom. The number of hydrogen-bond donors (Lipinski definition) is 1. The summed E-state index contributed by atoms with van der Waals surface area (Å²) in [7, 11) is 3.17. The van der Waals surface area contributed by atoms with Crippen molar-refractivity contribution in [2.45, 2.75) is 83.6 Å². The molecular formula is C39H48ClN3O7. The fourth-order valence-electron chi connectivity index (χ4n) is 5.90. The summed E-state index contributed by atoms with van der Waals surface area (Å²) in [6.07, 6.45) is -1.44. The molecule has 50 heavy (non-hydrogen) atoms. The van der Waals surface area contributed by atoms with E-state index in [1.165, 1.54) is 9.80 Å². The summed E-state index contributed by atoms with van der Waals surface area (Å²) in [4.78, 5) is 56.3. The number of benzene rings is 3. The highest BCUT2D eigenvalue weighted by Gasteiger charge is 2.34. The van der Waals surface area contributed by atoms with Crippen LogP contribution in [0.5, 0.6) is 0 Å². The van der Waals surface area contributed by atoms with Crippen LogP contribution in [-0.4, -0.2) is 84.4 Å². The minimum atomic E-state index is -1.30. The van der Waals surface area contributed by atoms with Crippen molar-refractivity contribution in [3.8, 4) is 11.1 Å². The van der Waals surface area contributed by atoms with Crippen LogP contribution < -0.4 is 5.32 Å². The normalized spacial score (nSPS) is 13.7. The third-order valence-corrected chi connectivity index (χ3v) is 8.45. The highest BCUT2D eigenvalue weighted by atomic mass is 35.5. The monoisotopic (exact) mass is 705 g/mol. The number of alkyl carbamates (subject to hydrolysis) is 1. The maximum absolute atomic E-state index is 14.0. The third kappa shape index (κ3) is 10.5. The van der Waals surface area contributed by atoms with Crippen molar-refractivity contribution < 1.29 is 33.4 Å². The number of likely N-dealkylation sites (N-methyl/N-ethyl adjacent to an activating group) is 2. The van der Waals surface area contributed by atoms with Crippen molar-refractivity contribution in [2.24, 2.45) is 0 Å². The van der Waals surface area contributed by atoms with E-state index in [0.29, 0.717) is 11.4 Å². The van der Waals surface area contributed by atoms with Gasteiger partial charge in [0, 0.05) is 31.6 Å². The van der Waals surface area contributed by atoms with Crippen molar-refractivity contribution in [1.29, 1.82) is 0 Å². The largest absolute Gasteiger partial charge is 0.460 e. The first-order valence-corrected chi connectivity index (χ1v) is 17.1. The number of ether oxygens (including phenoxy) is 3. The molecule has 0 saturated heterocycles. The van der Waals surface area contributed by atoms with Gasteiger partial charge in [0.1, 0.15) is 23.9 Å². The molecule has 1 aliphatic rings. The Labute approximate surface area is 300 Å². The molecule has 0 aromatic heterocycles. The molecule has 3 aromatic rings. The Hall–Kier alpha value is -4.57. The highest BCUT2D eigenvalue weighted by Crippen LogP contribution is 2.44. The van der Waals surface area contributed by atoms with Gasteiger partial charge in [-0.25, -0.2) is 9.59 Å². The van der Waals surface area contributed by atoms with Gasteiger partial charge in [-0.2, -0.15) is 0 Å². The van der Waals surface area contributed by atoms with Crippen LogP contribution >= 0.6 is 11.6 Å². The molecule has 0 saturated carbocycles. The van der Waals surface area contributed by atoms with E-state index in [-0.39, 0.29) is 19.1 Å². The lowest BCUT2D eigenvalue weighted by Gasteiger charge is -2.34. The first-order chi connectivity index (χ1) is 23.4. The maximum Gasteiger partial charge on any atom is 0.410 e. The molecular weight excluding hydrogens is 658 g/mol. The van der Waals surface area contributed by atoms with Gasteiger partial charge in [-0.1, -0.05) is 72.3 Å². The molecule has 2 atom stereocenters. The second kappa shape index (κ2) is 16.0. The number of esters is 1. The van der Waals surface area contributed by atoms with E-state index in [0.717, 1.165) is 27.8 Å². The SMILES string of the molecule is CN(C[C@@H](Cc1ccc(Cl)cc1)N(C)C(=O)OC(C)(C)C)C(=O)[C@@H](CC(=O)OC(C)(C)C)NC(=O)OCC1c2ccccc2-c2ccccc21. The smallest absolute Gasteiger partial charge is 0.410 e. The second-order valence-electron chi connectivity index (χ2n) is 14.6. The van der Waals surface area contributed by atoms with Gasteiger partial charge in [-0.3, -0.25) is 9.59 Å². The number of nitrogens with one attached hydrogen (secondary N) is 1. The minimum Gasteiger partial charge on any atom is -0.460 e. The summed E-state index contributed by atoms with van der Waals surface area (Å²) in [5, 5.41) is 3.20. The Balaban J connectivity index is 1.52. The van der Waals surface area contributed by atoms with Crippen LogP contribution in [0.2, 0.25) is 5.02 Å². The number of halogens is 1. The molecule has 0 bridgehead atoms. The number of hydrogen-bond acceptors (Lipinski definition) is 7. The van der Waals surface area contributed by atoms with Crippen LogP contribution in [-0.2, 0) is 30.2 Å². The molecule has 0 aliphatic heterocycles. The van der Waals surface area contributed by atoms with Crippen molar-refractivity contribution in [3.63, 3.8) is 0 Å². The van der Waals surface area contributed by atoms with Crippen LogP contribution in [0.25, 0.3) is 11.1 Å². The molecule has 3 aromatic carbocycles. The van der Waals surface area contributed by atoms with Crippen LogP contribution in [0.15, 0.2) is 72.8 Å². The minimum absolute atomic E-state index is 0.0346. The van der Waals surface area contributed by atoms with Crippen LogP contribution in [0.1, 0.15) is 70.6 Å². The molecule has 0 fully saturated rings. The van der Waals surface area contributed by atoms with Gasteiger partial charge >= 0.3 is 18.2 Å². The lowest BCUT2D eigenvalue weighted by atomic mass is 9.98. The first kappa shape index (κ1) is 38.2. The summed E-state index contributed by atoms with van der Waals surface area (Å²) < 4.78 is 16.8. The molecule has 4 rings (SSSR count). The average molecular weight is 706 g/mol. The third-order valence-electron chi connectivity index (χ3n) is 8.20. The van der Waals surface area contributed by atoms with E-state index in [1.807, 2.05) is 60.7 Å². The number of carbonyl (C=O) groups excluding carboxylic acids is 4. The average Bonchev–Trinajstić information content (AvgIpc) is 3.35. The van der Waals surface area contributed by atoms with Gasteiger partial charge in [0.25, 0.3) is 0 Å². The van der Waals surface area contributed by atoms with Gasteiger partial charge in [0.15, 0.2) is 0 Å². The molecule has 0 heterocycles. The molecule has 0 unspecified atom stereocenters. The predicted octanol–water partition coefficient (Wildman–Crippen LogP) is 7.22. The lowest BCUT2D eigenvalue weighted by molar-refractivity contribution is -0.157. The molecule has 11 heteroatoms. The highest BCUT2D eigenvalue weighted by molar-refractivity contribution is 6.30. The molecule has 1 N–H and O–H groups in total. The van der Waals surface area contributed by atoms with Crippen LogP contribution in [0.4, 0.5) is 9.59 Å². The summed E-state index contributed by atoms with van der Waals surface area (Å²) in [6.45, 7) is 10.6. The number of amides is 3. The Kier molecular flexibility index (Phi) is 12.2. The van der Waals surface area contributed by atoms with Gasteiger partial charge in [-0.15, -0.1) is 0 Å². The fourth-order valence-corrected chi connectivity index (χ4v) is 6.03. The van der Waals surface area contributed by atoms with Crippen molar-refractivity contribution in [1.82, 2.24) is 15.1 Å². The molecule has 1 aliphatic carbocycles. The zero-order chi connectivity index (χ0) is 36.8. The van der Waals surface area contributed by atoms with Crippen molar-refractivity contribution in [2.75, 3.05) is 27.2 Å². The summed E-state index contributed by atoms with van der Waals surface area (Å²) in [6, 6.07) is 21.3.